The van der Waals surface area contributed by atoms with Crippen molar-refractivity contribution in [1.29, 1.82) is 5.26 Å². The predicted octanol–water partition coefficient (Wildman–Crippen LogP) is 6.84. The van der Waals surface area contributed by atoms with Crippen LogP contribution in [0.5, 0.6) is 0 Å². The van der Waals surface area contributed by atoms with Gasteiger partial charge >= 0.3 is 0 Å². The first-order chi connectivity index (χ1) is 21.2. The summed E-state index contributed by atoms with van der Waals surface area (Å²) in [5.41, 5.74) is 9.01. The van der Waals surface area contributed by atoms with E-state index in [1.807, 2.05) is 36.4 Å². The monoisotopic (exact) mass is 599 g/mol. The van der Waals surface area contributed by atoms with Crippen molar-refractivity contribution < 1.29 is 14.5 Å². The van der Waals surface area contributed by atoms with Crippen molar-refractivity contribution in [2.75, 3.05) is 10.6 Å². The van der Waals surface area contributed by atoms with Gasteiger partial charge < -0.3 is 16.1 Å². The predicted molar refractivity (Wildman–Crippen MR) is 158 cm³/mol. The fourth-order valence-electron chi connectivity index (χ4n) is 4.59. The van der Waals surface area contributed by atoms with Gasteiger partial charge in [-0.25, -0.2) is 13.8 Å². The molecule has 0 radical (unpaired) electrons. The molecule has 1 unspecified atom stereocenters. The summed E-state index contributed by atoms with van der Waals surface area (Å²) >= 11 is 6.65. The summed E-state index contributed by atoms with van der Waals surface area (Å²) in [7, 11) is 0. The zero-order chi connectivity index (χ0) is 30.8. The molecule has 0 spiro atoms. The van der Waals surface area contributed by atoms with Crippen LogP contribution in [0.15, 0.2) is 97.1 Å². The molecule has 1 aliphatic heterocycles. The number of halogens is 4. The number of hydrogen-bond donors (Lipinski definition) is 4. The molecular formula is C31H22ClF3N8. The molecule has 0 amide bonds. The number of hydrazine groups is 2. The lowest BCUT2D eigenvalue weighted by atomic mass is 10.0. The molecule has 43 heavy (non-hydrogen) atoms. The molecule has 12 heteroatoms. The summed E-state index contributed by atoms with van der Waals surface area (Å²) in [4.78, 5) is 7.71. The lowest BCUT2D eigenvalue weighted by Crippen LogP contribution is -2.37. The molecule has 0 aliphatic carbocycles. The molecule has 0 fully saturated rings. The maximum Gasteiger partial charge on any atom is 0.249 e. The van der Waals surface area contributed by atoms with Crippen molar-refractivity contribution in [2.24, 2.45) is 0 Å². The summed E-state index contributed by atoms with van der Waals surface area (Å²) in [5.74, 6) is -2.89. The molecule has 0 bridgehead atoms. The average molecular weight is 600 g/mol. The summed E-state index contributed by atoms with van der Waals surface area (Å²) in [5, 5.41) is 18.3. The van der Waals surface area contributed by atoms with E-state index in [1.54, 1.807) is 23.3 Å². The second-order valence-electron chi connectivity index (χ2n) is 9.53. The zero-order valence-corrected chi connectivity index (χ0v) is 22.9. The van der Waals surface area contributed by atoms with Crippen LogP contribution in [0, 0.1) is 28.9 Å². The molecule has 214 valence electrons. The second-order valence-corrected chi connectivity index (χ2v) is 9.94. The third kappa shape index (κ3) is 6.01. The Kier molecular flexibility index (Phi) is 7.35. The number of pyridine rings is 2. The Hall–Kier alpha value is -5.31. The molecule has 0 saturated carbocycles. The number of nitrogens with zero attached hydrogens (tertiary/aromatic N) is 4. The first-order valence-corrected chi connectivity index (χ1v) is 13.3. The lowest BCUT2D eigenvalue weighted by Gasteiger charge is -2.22. The summed E-state index contributed by atoms with van der Waals surface area (Å²) in [6, 6.07) is 19.7. The first-order valence-electron chi connectivity index (χ1n) is 13.4. The van der Waals surface area contributed by atoms with Gasteiger partial charge in [-0.15, -0.1) is 5.53 Å². The minimum absolute atomic E-state index is 0.0911. The first kappa shape index (κ1) is 26.6. The van der Waals surface area contributed by atoms with E-state index in [1.165, 1.54) is 30.5 Å². The highest BCUT2D eigenvalue weighted by molar-refractivity contribution is 6.36. The number of fused-ring (bicyclic) bond motifs is 1. The van der Waals surface area contributed by atoms with Crippen molar-refractivity contribution in [2.45, 2.75) is 12.6 Å². The Morgan fingerprint density at radius 2 is 1.79 bits per heavy atom. The van der Waals surface area contributed by atoms with Crippen LogP contribution in [-0.4, -0.2) is 15.0 Å². The van der Waals surface area contributed by atoms with Gasteiger partial charge in [0.15, 0.2) is 5.82 Å². The van der Waals surface area contributed by atoms with Gasteiger partial charge in [-0.1, -0.05) is 54.1 Å². The van der Waals surface area contributed by atoms with Crippen molar-refractivity contribution in [1.82, 2.24) is 25.9 Å². The van der Waals surface area contributed by atoms with Gasteiger partial charge in [0.2, 0.25) is 5.95 Å². The summed E-state index contributed by atoms with van der Waals surface area (Å²) in [6.45, 7) is 0.495. The lowest BCUT2D eigenvalue weighted by molar-refractivity contribution is 0.262. The van der Waals surface area contributed by atoms with Crippen molar-refractivity contribution in [3.8, 4) is 6.07 Å². The molecule has 5 aromatic rings. The van der Waals surface area contributed by atoms with Crippen LogP contribution in [-0.2, 0) is 6.54 Å². The highest BCUT2D eigenvalue weighted by Gasteiger charge is 2.24. The van der Waals surface area contributed by atoms with E-state index in [-0.39, 0.29) is 22.0 Å². The minimum atomic E-state index is -1.69. The topological polar surface area (TPSA) is 101 Å². The SMILES string of the molecule is [2H]C(Nc1cc(Cl)c2ncc(C#N)c(Nc3cnc(F)c(F)c3)c2c1)(C1=CN(Cc2ccccc2)NN1)c1ccc(F)cc1. The smallest absolute Gasteiger partial charge is 0.249 e. The van der Waals surface area contributed by atoms with E-state index < -0.39 is 23.6 Å². The number of benzene rings is 3. The van der Waals surface area contributed by atoms with E-state index >= 15 is 0 Å². The number of anilines is 3. The standard InChI is InChI=1S/C31H22ClF3N8/c32-25-11-22(10-24-28(20(13-36)14-37-30(24)25)40-23-12-26(34)31(35)38-15-23)39-29(19-6-8-21(33)9-7-19)27-17-43(42-41-27)16-18-4-2-1-3-5-18/h1-12,14-15,17,29,39,41-42H,16H2,(H,37,40)/i29D. The number of nitriles is 1. The Morgan fingerprint density at radius 1 is 1.00 bits per heavy atom. The van der Waals surface area contributed by atoms with E-state index in [2.05, 4.69) is 31.6 Å². The van der Waals surface area contributed by atoms with E-state index in [9.17, 15) is 19.8 Å². The van der Waals surface area contributed by atoms with Crippen molar-refractivity contribution in [3.05, 3.63) is 136 Å². The van der Waals surface area contributed by atoms with Crippen LogP contribution in [0.1, 0.15) is 24.1 Å². The molecule has 8 nitrogen and oxygen atoms in total. The largest absolute Gasteiger partial charge is 0.373 e. The zero-order valence-electron chi connectivity index (χ0n) is 23.2. The van der Waals surface area contributed by atoms with Gasteiger partial charge in [0.1, 0.15) is 11.9 Å². The van der Waals surface area contributed by atoms with Crippen molar-refractivity contribution >= 4 is 39.6 Å². The molecule has 1 atom stereocenters. The third-order valence-corrected chi connectivity index (χ3v) is 6.89. The summed E-state index contributed by atoms with van der Waals surface area (Å²) in [6.07, 6.45) is 4.13. The fourth-order valence-corrected chi connectivity index (χ4v) is 4.85. The number of aromatic nitrogens is 2. The number of hydrogen-bond acceptors (Lipinski definition) is 8. The maximum absolute atomic E-state index is 13.9. The molecule has 1 aliphatic rings. The molecular weight excluding hydrogens is 577 g/mol. The van der Waals surface area contributed by atoms with Crippen LogP contribution >= 0.6 is 11.6 Å². The van der Waals surface area contributed by atoms with Gasteiger partial charge in [0, 0.05) is 29.5 Å². The normalized spacial score (nSPS) is 14.3. The maximum atomic E-state index is 13.9. The van der Waals surface area contributed by atoms with Gasteiger partial charge in [0.25, 0.3) is 0 Å². The molecule has 2 aromatic heterocycles. The molecule has 3 aromatic carbocycles. The highest BCUT2D eigenvalue weighted by Crippen LogP contribution is 2.37. The van der Waals surface area contributed by atoms with Gasteiger partial charge in [-0.2, -0.15) is 9.65 Å². The van der Waals surface area contributed by atoms with Crippen LogP contribution in [0.3, 0.4) is 0 Å². The molecule has 3 heterocycles. The number of rotatable bonds is 8. The highest BCUT2D eigenvalue weighted by atomic mass is 35.5. The van der Waals surface area contributed by atoms with Gasteiger partial charge in [-0.3, -0.25) is 9.99 Å². The average Bonchev–Trinajstić information content (AvgIpc) is 3.49. The Bertz CT molecular complexity index is 1940. The van der Waals surface area contributed by atoms with E-state index in [4.69, 9.17) is 11.6 Å². The third-order valence-electron chi connectivity index (χ3n) is 6.60. The van der Waals surface area contributed by atoms with E-state index in [0.717, 1.165) is 17.8 Å². The second kappa shape index (κ2) is 11.9. The Labute approximate surface area is 250 Å². The minimum Gasteiger partial charge on any atom is -0.373 e. The van der Waals surface area contributed by atoms with Gasteiger partial charge in [0.05, 0.1) is 53.3 Å². The van der Waals surface area contributed by atoms with Crippen LogP contribution in [0.25, 0.3) is 10.9 Å². The quantitative estimate of drug-likeness (QED) is 0.144. The number of nitrogens with one attached hydrogen (secondary N) is 4. The summed E-state index contributed by atoms with van der Waals surface area (Å²) < 4.78 is 50.9. The Balaban J connectivity index is 1.42. The van der Waals surface area contributed by atoms with Gasteiger partial charge in [-0.05, 0) is 35.4 Å². The molecule has 6 rings (SSSR count). The van der Waals surface area contributed by atoms with Crippen LogP contribution in [0.2, 0.25) is 5.02 Å². The fraction of sp³-hybridized carbons (Fsp3) is 0.0645. The van der Waals surface area contributed by atoms with E-state index in [0.29, 0.717) is 34.4 Å². The molecule has 4 N–H and O–H groups in total. The van der Waals surface area contributed by atoms with Crippen LogP contribution in [0.4, 0.5) is 30.2 Å². The molecule has 0 saturated heterocycles. The van der Waals surface area contributed by atoms with Crippen molar-refractivity contribution in [3.63, 3.8) is 0 Å². The van der Waals surface area contributed by atoms with Crippen LogP contribution < -0.4 is 21.6 Å². The Morgan fingerprint density at radius 3 is 2.53 bits per heavy atom.